The second-order valence-corrected chi connectivity index (χ2v) is 6.43. The lowest BCUT2D eigenvalue weighted by Crippen LogP contribution is -2.01. The summed E-state index contributed by atoms with van der Waals surface area (Å²) in [5.41, 5.74) is 6.30. The fraction of sp³-hybridized carbons (Fsp3) is 0.300. The molecule has 0 aliphatic heterocycles. The lowest BCUT2D eigenvalue weighted by molar-refractivity contribution is 0.647. The second kappa shape index (κ2) is 6.78. The average molecular weight is 305 g/mol. The van der Waals surface area contributed by atoms with Crippen LogP contribution in [0.1, 0.15) is 40.8 Å². The SMILES string of the molecule is Cc1cc(C)cc(CC(C)c2cn(Cc3ccccc3)nn2)c1. The Morgan fingerprint density at radius 2 is 1.65 bits per heavy atom. The van der Waals surface area contributed by atoms with E-state index in [1.165, 1.54) is 22.3 Å². The van der Waals surface area contributed by atoms with Crippen LogP contribution in [0.2, 0.25) is 0 Å². The first-order valence-electron chi connectivity index (χ1n) is 8.11. The zero-order valence-corrected chi connectivity index (χ0v) is 14.0. The van der Waals surface area contributed by atoms with Gasteiger partial charge in [-0.2, -0.15) is 0 Å². The van der Waals surface area contributed by atoms with E-state index in [9.17, 15) is 0 Å². The molecule has 0 saturated heterocycles. The Bertz CT molecular complexity index is 754. The molecule has 3 heteroatoms. The van der Waals surface area contributed by atoms with Crippen molar-refractivity contribution in [3.05, 3.63) is 82.7 Å². The summed E-state index contributed by atoms with van der Waals surface area (Å²) in [5.74, 6) is 0.362. The van der Waals surface area contributed by atoms with Gasteiger partial charge in [-0.3, -0.25) is 0 Å². The summed E-state index contributed by atoms with van der Waals surface area (Å²) in [4.78, 5) is 0. The van der Waals surface area contributed by atoms with Gasteiger partial charge in [0.2, 0.25) is 0 Å². The molecule has 0 fully saturated rings. The molecule has 3 aromatic rings. The second-order valence-electron chi connectivity index (χ2n) is 6.43. The lowest BCUT2D eigenvalue weighted by atomic mass is 9.96. The highest BCUT2D eigenvalue weighted by atomic mass is 15.4. The highest BCUT2D eigenvalue weighted by molar-refractivity contribution is 5.29. The minimum atomic E-state index is 0.362. The number of benzene rings is 2. The van der Waals surface area contributed by atoms with Crippen LogP contribution in [0.4, 0.5) is 0 Å². The van der Waals surface area contributed by atoms with E-state index in [2.05, 4.69) is 79.7 Å². The van der Waals surface area contributed by atoms with Gasteiger partial charge in [0.05, 0.1) is 12.2 Å². The van der Waals surface area contributed by atoms with Crippen LogP contribution in [-0.2, 0) is 13.0 Å². The first-order chi connectivity index (χ1) is 11.1. The zero-order chi connectivity index (χ0) is 16.2. The van der Waals surface area contributed by atoms with Gasteiger partial charge in [0.1, 0.15) is 0 Å². The van der Waals surface area contributed by atoms with E-state index in [-0.39, 0.29) is 0 Å². The molecule has 3 rings (SSSR count). The van der Waals surface area contributed by atoms with Crippen molar-refractivity contribution in [2.24, 2.45) is 0 Å². The average Bonchev–Trinajstić information content (AvgIpc) is 2.96. The van der Waals surface area contributed by atoms with Crippen molar-refractivity contribution in [3.63, 3.8) is 0 Å². The topological polar surface area (TPSA) is 30.7 Å². The van der Waals surface area contributed by atoms with E-state index in [1.54, 1.807) is 0 Å². The minimum absolute atomic E-state index is 0.362. The molecule has 0 aliphatic rings. The van der Waals surface area contributed by atoms with Gasteiger partial charge in [-0.05, 0) is 31.4 Å². The van der Waals surface area contributed by atoms with Crippen molar-refractivity contribution in [1.82, 2.24) is 15.0 Å². The molecule has 0 N–H and O–H groups in total. The van der Waals surface area contributed by atoms with E-state index in [0.717, 1.165) is 18.7 Å². The van der Waals surface area contributed by atoms with E-state index in [4.69, 9.17) is 0 Å². The number of hydrogen-bond acceptors (Lipinski definition) is 2. The van der Waals surface area contributed by atoms with Gasteiger partial charge in [0.25, 0.3) is 0 Å². The first kappa shape index (κ1) is 15.5. The van der Waals surface area contributed by atoms with E-state index < -0.39 is 0 Å². The van der Waals surface area contributed by atoms with Gasteiger partial charge in [-0.1, -0.05) is 71.8 Å². The number of nitrogens with zero attached hydrogens (tertiary/aromatic N) is 3. The van der Waals surface area contributed by atoms with Gasteiger partial charge >= 0.3 is 0 Å². The third-order valence-electron chi connectivity index (χ3n) is 4.07. The summed E-state index contributed by atoms with van der Waals surface area (Å²) >= 11 is 0. The summed E-state index contributed by atoms with van der Waals surface area (Å²) in [6.45, 7) is 7.28. The van der Waals surface area contributed by atoms with Crippen LogP contribution in [0, 0.1) is 13.8 Å². The molecule has 23 heavy (non-hydrogen) atoms. The molecule has 1 heterocycles. The Labute approximate surface area is 138 Å². The maximum atomic E-state index is 4.37. The third-order valence-corrected chi connectivity index (χ3v) is 4.07. The lowest BCUT2D eigenvalue weighted by Gasteiger charge is -2.10. The van der Waals surface area contributed by atoms with E-state index in [0.29, 0.717) is 5.92 Å². The van der Waals surface area contributed by atoms with Crippen molar-refractivity contribution in [1.29, 1.82) is 0 Å². The minimum Gasteiger partial charge on any atom is -0.248 e. The van der Waals surface area contributed by atoms with Crippen molar-refractivity contribution in [3.8, 4) is 0 Å². The van der Waals surface area contributed by atoms with E-state index in [1.807, 2.05) is 10.7 Å². The third kappa shape index (κ3) is 4.07. The fourth-order valence-electron chi connectivity index (χ4n) is 3.03. The predicted molar refractivity (Wildman–Crippen MR) is 93.6 cm³/mol. The molecule has 0 saturated carbocycles. The van der Waals surface area contributed by atoms with Crippen LogP contribution in [0.25, 0.3) is 0 Å². The molecule has 118 valence electrons. The summed E-state index contributed by atoms with van der Waals surface area (Å²) in [6.07, 6.45) is 3.06. The number of hydrogen-bond donors (Lipinski definition) is 0. The molecule has 3 nitrogen and oxygen atoms in total. The van der Waals surface area contributed by atoms with Crippen LogP contribution >= 0.6 is 0 Å². The van der Waals surface area contributed by atoms with Crippen molar-refractivity contribution in [2.75, 3.05) is 0 Å². The van der Waals surface area contributed by atoms with Crippen LogP contribution in [0.15, 0.2) is 54.7 Å². The number of rotatable bonds is 5. The normalized spacial score (nSPS) is 12.3. The van der Waals surface area contributed by atoms with Gasteiger partial charge in [-0.25, -0.2) is 4.68 Å². The molecule has 0 bridgehead atoms. The van der Waals surface area contributed by atoms with Crippen molar-refractivity contribution >= 4 is 0 Å². The molecular formula is C20H23N3. The molecular weight excluding hydrogens is 282 g/mol. The standard InChI is InChI=1S/C20H23N3/c1-15-9-16(2)11-19(10-15)12-17(3)20-14-23(22-21-20)13-18-7-5-4-6-8-18/h4-11,14,17H,12-13H2,1-3H3. The maximum Gasteiger partial charge on any atom is 0.0858 e. The fourth-order valence-corrected chi connectivity index (χ4v) is 3.03. The predicted octanol–water partition coefficient (Wildman–Crippen LogP) is 4.29. The molecule has 1 atom stereocenters. The van der Waals surface area contributed by atoms with Gasteiger partial charge in [0.15, 0.2) is 0 Å². The van der Waals surface area contributed by atoms with Crippen LogP contribution in [0.5, 0.6) is 0 Å². The molecule has 2 aromatic carbocycles. The molecule has 1 aromatic heterocycles. The first-order valence-corrected chi connectivity index (χ1v) is 8.11. The summed E-state index contributed by atoms with van der Waals surface area (Å²) in [5, 5.41) is 8.64. The largest absolute Gasteiger partial charge is 0.248 e. The summed E-state index contributed by atoms with van der Waals surface area (Å²) in [6, 6.07) is 17.1. The highest BCUT2D eigenvalue weighted by Gasteiger charge is 2.12. The zero-order valence-electron chi connectivity index (χ0n) is 14.0. The summed E-state index contributed by atoms with van der Waals surface area (Å²) in [7, 11) is 0. The molecule has 0 aliphatic carbocycles. The van der Waals surface area contributed by atoms with Crippen LogP contribution in [0.3, 0.4) is 0 Å². The molecule has 0 amide bonds. The maximum absolute atomic E-state index is 4.37. The molecule has 0 radical (unpaired) electrons. The number of aryl methyl sites for hydroxylation is 2. The Kier molecular flexibility index (Phi) is 4.56. The summed E-state index contributed by atoms with van der Waals surface area (Å²) < 4.78 is 1.92. The van der Waals surface area contributed by atoms with Gasteiger partial charge in [-0.15, -0.1) is 5.10 Å². The Hall–Kier alpha value is -2.42. The molecule has 0 spiro atoms. The molecule has 1 unspecified atom stereocenters. The van der Waals surface area contributed by atoms with E-state index >= 15 is 0 Å². The monoisotopic (exact) mass is 305 g/mol. The van der Waals surface area contributed by atoms with Gasteiger partial charge in [0, 0.05) is 12.1 Å². The van der Waals surface area contributed by atoms with Crippen LogP contribution in [-0.4, -0.2) is 15.0 Å². The van der Waals surface area contributed by atoms with Crippen molar-refractivity contribution < 1.29 is 0 Å². The van der Waals surface area contributed by atoms with Crippen LogP contribution < -0.4 is 0 Å². The van der Waals surface area contributed by atoms with Crippen molar-refractivity contribution in [2.45, 2.75) is 39.7 Å². The smallest absolute Gasteiger partial charge is 0.0858 e. The van der Waals surface area contributed by atoms with Gasteiger partial charge < -0.3 is 0 Å². The quantitative estimate of drug-likeness (QED) is 0.704. The Morgan fingerprint density at radius 3 is 2.35 bits per heavy atom. The highest BCUT2D eigenvalue weighted by Crippen LogP contribution is 2.20. The Balaban J connectivity index is 1.69. The Morgan fingerprint density at radius 1 is 0.957 bits per heavy atom. The number of aromatic nitrogens is 3.